The second-order valence-electron chi connectivity index (χ2n) is 5.81. The molecule has 3 atom stereocenters. The van der Waals surface area contributed by atoms with Crippen molar-refractivity contribution in [1.82, 2.24) is 15.0 Å². The fourth-order valence-corrected chi connectivity index (χ4v) is 3.34. The molecule has 3 aliphatic rings. The number of nitrogens with zero attached hydrogens (tertiary/aromatic N) is 3. The highest BCUT2D eigenvalue weighted by Crippen LogP contribution is 2.40. The van der Waals surface area contributed by atoms with Gasteiger partial charge in [0.15, 0.2) is 5.82 Å². The zero-order valence-electron chi connectivity index (χ0n) is 10.7. The molecule has 98 valence electrons. The molecule has 0 radical (unpaired) electrons. The van der Waals surface area contributed by atoms with Crippen LogP contribution in [0.15, 0.2) is 4.52 Å². The van der Waals surface area contributed by atoms with Gasteiger partial charge in [-0.3, -0.25) is 4.90 Å². The van der Waals surface area contributed by atoms with E-state index in [1.165, 1.54) is 25.7 Å². The molecule has 1 aliphatic carbocycles. The van der Waals surface area contributed by atoms with Crippen molar-refractivity contribution in [1.29, 1.82) is 0 Å². The zero-order chi connectivity index (χ0) is 12.1. The van der Waals surface area contributed by atoms with Crippen molar-refractivity contribution in [2.75, 3.05) is 13.2 Å². The Morgan fingerprint density at radius 1 is 1.17 bits per heavy atom. The number of rotatable bonds is 3. The van der Waals surface area contributed by atoms with Gasteiger partial charge in [0, 0.05) is 18.0 Å². The molecule has 0 amide bonds. The lowest BCUT2D eigenvalue weighted by Gasteiger charge is -2.37. The second-order valence-corrected chi connectivity index (χ2v) is 5.81. The average molecular weight is 249 g/mol. The fourth-order valence-electron chi connectivity index (χ4n) is 3.34. The van der Waals surface area contributed by atoms with Gasteiger partial charge >= 0.3 is 0 Å². The number of aromatic nitrogens is 2. The molecule has 2 saturated heterocycles. The molecule has 1 saturated carbocycles. The van der Waals surface area contributed by atoms with Gasteiger partial charge in [-0.05, 0) is 32.6 Å². The lowest BCUT2D eigenvalue weighted by Crippen LogP contribution is -2.46. The van der Waals surface area contributed by atoms with Crippen LogP contribution in [0, 0.1) is 0 Å². The Labute approximate surface area is 106 Å². The summed E-state index contributed by atoms with van der Waals surface area (Å²) < 4.78 is 11.1. The van der Waals surface area contributed by atoms with Crippen molar-refractivity contribution in [2.45, 2.75) is 56.7 Å². The summed E-state index contributed by atoms with van der Waals surface area (Å²) in [4.78, 5) is 7.11. The maximum Gasteiger partial charge on any atom is 0.243 e. The van der Waals surface area contributed by atoms with Gasteiger partial charge in [0.25, 0.3) is 0 Å². The maximum absolute atomic E-state index is 5.62. The van der Waals surface area contributed by atoms with E-state index in [1.807, 2.05) is 0 Å². The largest absolute Gasteiger partial charge is 0.378 e. The van der Waals surface area contributed by atoms with Gasteiger partial charge in [-0.25, -0.2) is 0 Å². The Morgan fingerprint density at radius 2 is 1.89 bits per heavy atom. The van der Waals surface area contributed by atoms with E-state index in [2.05, 4.69) is 22.0 Å². The first-order valence-electron chi connectivity index (χ1n) is 7.01. The number of hydrogen-bond acceptors (Lipinski definition) is 5. The van der Waals surface area contributed by atoms with E-state index in [4.69, 9.17) is 9.26 Å². The molecule has 5 nitrogen and oxygen atoms in total. The first kappa shape index (κ1) is 10.9. The molecule has 1 aromatic heterocycles. The maximum atomic E-state index is 5.62. The highest BCUT2D eigenvalue weighted by Gasteiger charge is 2.42. The van der Waals surface area contributed by atoms with Crippen LogP contribution >= 0.6 is 0 Å². The quantitative estimate of drug-likeness (QED) is 0.818. The van der Waals surface area contributed by atoms with Crippen molar-refractivity contribution in [3.8, 4) is 0 Å². The molecule has 3 unspecified atom stereocenters. The minimum Gasteiger partial charge on any atom is -0.378 e. The minimum atomic E-state index is 0.228. The summed E-state index contributed by atoms with van der Waals surface area (Å²) in [7, 11) is 0. The summed E-state index contributed by atoms with van der Waals surface area (Å²) >= 11 is 0. The van der Waals surface area contributed by atoms with Crippen molar-refractivity contribution in [2.24, 2.45) is 0 Å². The van der Waals surface area contributed by atoms with Gasteiger partial charge in [0.1, 0.15) is 0 Å². The Balaban J connectivity index is 1.55. The van der Waals surface area contributed by atoms with Crippen LogP contribution in [0.3, 0.4) is 0 Å². The molecule has 2 bridgehead atoms. The Bertz CT molecular complexity index is 427. The Hall–Kier alpha value is -0.940. The topological polar surface area (TPSA) is 51.4 Å². The van der Waals surface area contributed by atoms with E-state index in [1.54, 1.807) is 0 Å². The van der Waals surface area contributed by atoms with E-state index in [0.29, 0.717) is 18.0 Å². The van der Waals surface area contributed by atoms with Gasteiger partial charge < -0.3 is 9.26 Å². The average Bonchev–Trinajstić information content (AvgIpc) is 3.07. The predicted molar refractivity (Wildman–Crippen MR) is 64.2 cm³/mol. The molecule has 0 aromatic carbocycles. The van der Waals surface area contributed by atoms with Crippen molar-refractivity contribution >= 4 is 0 Å². The summed E-state index contributed by atoms with van der Waals surface area (Å²) in [6.07, 6.45) is 4.91. The van der Waals surface area contributed by atoms with Crippen LogP contribution in [0.2, 0.25) is 0 Å². The van der Waals surface area contributed by atoms with E-state index < -0.39 is 0 Å². The van der Waals surface area contributed by atoms with Crippen LogP contribution in [0.25, 0.3) is 0 Å². The van der Waals surface area contributed by atoms with E-state index >= 15 is 0 Å². The molecule has 3 heterocycles. The third kappa shape index (κ3) is 1.68. The van der Waals surface area contributed by atoms with E-state index in [-0.39, 0.29) is 6.04 Å². The molecular formula is C13H19N3O2. The third-order valence-corrected chi connectivity index (χ3v) is 4.50. The van der Waals surface area contributed by atoms with Crippen LogP contribution in [-0.4, -0.2) is 40.3 Å². The highest BCUT2D eigenvalue weighted by atomic mass is 16.5. The summed E-state index contributed by atoms with van der Waals surface area (Å²) in [5.41, 5.74) is 0. The first-order valence-corrected chi connectivity index (χ1v) is 7.01. The molecule has 0 spiro atoms. The molecule has 2 aliphatic heterocycles. The number of morpholine rings is 1. The number of ether oxygens (including phenoxy) is 1. The molecule has 4 rings (SSSR count). The molecular weight excluding hydrogens is 230 g/mol. The Kier molecular flexibility index (Phi) is 2.45. The molecule has 5 heteroatoms. The second kappa shape index (κ2) is 4.03. The van der Waals surface area contributed by atoms with Gasteiger partial charge in [0.05, 0.1) is 19.3 Å². The van der Waals surface area contributed by atoms with Crippen LogP contribution in [0.1, 0.15) is 56.3 Å². The van der Waals surface area contributed by atoms with Crippen LogP contribution < -0.4 is 0 Å². The first-order chi connectivity index (χ1) is 8.83. The SMILES string of the molecule is CC(c1nc(C2CC2)no1)N1C2CCC1COC2. The molecule has 18 heavy (non-hydrogen) atoms. The Morgan fingerprint density at radius 3 is 2.56 bits per heavy atom. The monoisotopic (exact) mass is 249 g/mol. The van der Waals surface area contributed by atoms with Crippen LogP contribution in [0.5, 0.6) is 0 Å². The minimum absolute atomic E-state index is 0.228. The van der Waals surface area contributed by atoms with Crippen LogP contribution in [-0.2, 0) is 4.74 Å². The van der Waals surface area contributed by atoms with Gasteiger partial charge in [-0.2, -0.15) is 4.98 Å². The molecule has 0 N–H and O–H groups in total. The zero-order valence-corrected chi connectivity index (χ0v) is 10.7. The van der Waals surface area contributed by atoms with Gasteiger partial charge in [-0.15, -0.1) is 0 Å². The highest BCUT2D eigenvalue weighted by molar-refractivity contribution is 5.06. The van der Waals surface area contributed by atoms with E-state index in [0.717, 1.165) is 24.9 Å². The predicted octanol–water partition coefficient (Wildman–Crippen LogP) is 1.87. The lowest BCUT2D eigenvalue weighted by atomic mass is 10.2. The van der Waals surface area contributed by atoms with Crippen LogP contribution in [0.4, 0.5) is 0 Å². The molecule has 1 aromatic rings. The summed E-state index contributed by atoms with van der Waals surface area (Å²) in [5.74, 6) is 2.27. The third-order valence-electron chi connectivity index (χ3n) is 4.50. The molecule has 3 fully saturated rings. The standard InChI is InChI=1S/C13H19N3O2/c1-8(13-14-12(15-18-13)9-2-3-9)16-10-4-5-11(16)7-17-6-10/h8-11H,2-7H2,1H3. The number of fused-ring (bicyclic) bond motifs is 2. The normalized spacial score (nSPS) is 33.8. The van der Waals surface area contributed by atoms with E-state index in [9.17, 15) is 0 Å². The van der Waals surface area contributed by atoms with Gasteiger partial charge in [0.2, 0.25) is 5.89 Å². The van der Waals surface area contributed by atoms with Crippen molar-refractivity contribution in [3.63, 3.8) is 0 Å². The lowest BCUT2D eigenvalue weighted by molar-refractivity contribution is -0.0391. The number of hydrogen-bond donors (Lipinski definition) is 0. The summed E-state index contributed by atoms with van der Waals surface area (Å²) in [5, 5.41) is 4.12. The summed E-state index contributed by atoms with van der Waals surface area (Å²) in [6.45, 7) is 3.88. The smallest absolute Gasteiger partial charge is 0.243 e. The van der Waals surface area contributed by atoms with Crippen molar-refractivity contribution < 1.29 is 9.26 Å². The van der Waals surface area contributed by atoms with Crippen molar-refractivity contribution in [3.05, 3.63) is 11.7 Å². The summed E-state index contributed by atoms with van der Waals surface area (Å²) in [6, 6.07) is 1.30. The fraction of sp³-hybridized carbons (Fsp3) is 0.846. The van der Waals surface area contributed by atoms with Gasteiger partial charge in [-0.1, -0.05) is 5.16 Å².